The summed E-state index contributed by atoms with van der Waals surface area (Å²) in [7, 11) is 0. The van der Waals surface area contributed by atoms with E-state index in [-0.39, 0.29) is 5.56 Å². The Hall–Kier alpha value is -3.08. The van der Waals surface area contributed by atoms with Crippen LogP contribution in [0.15, 0.2) is 69.8 Å². The second kappa shape index (κ2) is 10.0. The van der Waals surface area contributed by atoms with Gasteiger partial charge in [-0.2, -0.15) is 15.2 Å². The number of halogens is 2. The van der Waals surface area contributed by atoms with Gasteiger partial charge in [0.2, 0.25) is 0 Å². The lowest BCUT2D eigenvalue weighted by atomic mass is 9.80. The van der Waals surface area contributed by atoms with Gasteiger partial charge in [0.1, 0.15) is 11.6 Å². The van der Waals surface area contributed by atoms with Crippen molar-refractivity contribution in [2.75, 3.05) is 0 Å². The van der Waals surface area contributed by atoms with Crippen LogP contribution in [-0.4, -0.2) is 5.16 Å². The lowest BCUT2D eigenvalue weighted by Crippen LogP contribution is -2.16. The maximum Gasteiger partial charge on any atom is 0.137 e. The number of isothiocyanates is 1. The number of hydrogen-bond acceptors (Lipinski definition) is 4. The highest BCUT2D eigenvalue weighted by Crippen LogP contribution is 2.37. The summed E-state index contributed by atoms with van der Waals surface area (Å²) in [5.74, 6) is -0.416. The summed E-state index contributed by atoms with van der Waals surface area (Å²) in [4.78, 5) is 3.89. The minimum absolute atomic E-state index is 0.0378. The first-order valence-electron chi connectivity index (χ1n) is 10.8. The maximum atomic E-state index is 15.3. The van der Waals surface area contributed by atoms with Gasteiger partial charge in [-0.25, -0.2) is 8.78 Å². The van der Waals surface area contributed by atoms with Gasteiger partial charge in [-0.05, 0) is 96.6 Å². The van der Waals surface area contributed by atoms with Crippen molar-refractivity contribution in [1.29, 1.82) is 0 Å². The summed E-state index contributed by atoms with van der Waals surface area (Å²) in [6.07, 6.45) is 4.59. The van der Waals surface area contributed by atoms with Gasteiger partial charge < -0.3 is 0 Å². The molecule has 0 spiro atoms. The highest BCUT2D eigenvalue weighted by atomic mass is 32.1. The van der Waals surface area contributed by atoms with E-state index in [0.717, 1.165) is 31.2 Å². The van der Waals surface area contributed by atoms with E-state index in [1.165, 1.54) is 6.07 Å². The monoisotopic (exact) mass is 447 g/mol. The van der Waals surface area contributed by atoms with E-state index in [2.05, 4.69) is 39.5 Å². The summed E-state index contributed by atoms with van der Waals surface area (Å²) in [6, 6.07) is 15.4. The number of hydrogen-bond donors (Lipinski definition) is 0. The molecule has 0 aromatic heterocycles. The number of thiocarbonyl (C=S) groups is 1. The number of rotatable bonds is 6. The Morgan fingerprint density at radius 1 is 0.969 bits per heavy atom. The van der Waals surface area contributed by atoms with Crippen LogP contribution in [0.2, 0.25) is 0 Å². The molecule has 0 radical (unpaired) electrons. The van der Waals surface area contributed by atoms with Gasteiger partial charge in [0.25, 0.3) is 0 Å². The van der Waals surface area contributed by atoms with Crippen molar-refractivity contribution in [2.24, 2.45) is 21.1 Å². The molecule has 3 nitrogen and oxygen atoms in total. The first kappa shape index (κ1) is 22.1. The lowest BCUT2D eigenvalue weighted by Gasteiger charge is -2.26. The van der Waals surface area contributed by atoms with E-state index < -0.39 is 11.6 Å². The van der Waals surface area contributed by atoms with Gasteiger partial charge in [0.05, 0.1) is 27.8 Å². The number of benzene rings is 3. The van der Waals surface area contributed by atoms with E-state index >= 15 is 4.39 Å². The Balaban J connectivity index is 1.54. The molecule has 1 aliphatic carbocycles. The van der Waals surface area contributed by atoms with Crippen molar-refractivity contribution in [3.8, 4) is 11.1 Å². The van der Waals surface area contributed by atoms with Crippen LogP contribution in [0.5, 0.6) is 0 Å². The van der Waals surface area contributed by atoms with Gasteiger partial charge in [0, 0.05) is 0 Å². The van der Waals surface area contributed by atoms with Crippen LogP contribution < -0.4 is 0 Å². The summed E-state index contributed by atoms with van der Waals surface area (Å²) in [5.41, 5.74) is 3.97. The molecule has 0 saturated heterocycles. The smallest absolute Gasteiger partial charge is 0.137 e. The molecule has 0 aliphatic heterocycles. The summed E-state index contributed by atoms with van der Waals surface area (Å²) in [6.45, 7) is 2.15. The molecule has 0 bridgehead atoms. The molecule has 1 aliphatic rings. The van der Waals surface area contributed by atoms with E-state index in [0.29, 0.717) is 40.5 Å². The molecule has 0 heterocycles. The second-order valence-electron chi connectivity index (χ2n) is 8.05. The first-order chi connectivity index (χ1) is 15.6. The van der Waals surface area contributed by atoms with Gasteiger partial charge in [-0.15, -0.1) is 0 Å². The average Bonchev–Trinajstić information content (AvgIpc) is 2.80. The van der Waals surface area contributed by atoms with Crippen molar-refractivity contribution < 1.29 is 8.78 Å². The first-order valence-corrected chi connectivity index (χ1v) is 11.2. The molecule has 32 heavy (non-hydrogen) atoms. The Bertz CT molecular complexity index is 1180. The number of nitrogens with zero attached hydrogens (tertiary/aromatic N) is 3. The van der Waals surface area contributed by atoms with E-state index in [1.54, 1.807) is 48.5 Å². The maximum absolute atomic E-state index is 15.3. The normalized spacial score (nSPS) is 15.4. The molecule has 1 atom stereocenters. The fourth-order valence-electron chi connectivity index (χ4n) is 4.30. The Morgan fingerprint density at radius 3 is 2.22 bits per heavy atom. The predicted molar refractivity (Wildman–Crippen MR) is 128 cm³/mol. The second-order valence-corrected chi connectivity index (χ2v) is 8.23. The molecule has 3 aromatic rings. The zero-order valence-electron chi connectivity index (χ0n) is 17.8. The quantitative estimate of drug-likeness (QED) is 0.211. The summed E-state index contributed by atoms with van der Waals surface area (Å²) < 4.78 is 30.2. The molecule has 0 fully saturated rings. The molecular weight excluding hydrogens is 424 g/mol. The topological polar surface area (TPSA) is 37.1 Å². The highest BCUT2D eigenvalue weighted by Gasteiger charge is 2.25. The molecule has 0 N–H and O–H groups in total. The number of fused-ring (bicyclic) bond motifs is 1. The van der Waals surface area contributed by atoms with Crippen molar-refractivity contribution in [3.63, 3.8) is 0 Å². The molecule has 162 valence electrons. The van der Waals surface area contributed by atoms with Crippen molar-refractivity contribution in [3.05, 3.63) is 77.4 Å². The standard InChI is InChI=1S/C26H23F2N3S/c1-2-3-17-4-13-23-19(14-17)15-24(27)25(26(23)28)18-5-7-21(8-6-18)30-31-22-11-9-20(10-12-22)29-16-32/h5-12,15,17H,2-4,13-14H2,1H3. The largest absolute Gasteiger partial charge is 0.206 e. The fourth-order valence-corrected chi connectivity index (χ4v) is 4.40. The van der Waals surface area contributed by atoms with Gasteiger partial charge >= 0.3 is 0 Å². The Morgan fingerprint density at radius 2 is 1.59 bits per heavy atom. The third kappa shape index (κ3) is 4.87. The zero-order valence-corrected chi connectivity index (χ0v) is 18.6. The lowest BCUT2D eigenvalue weighted by molar-refractivity contribution is 0.412. The van der Waals surface area contributed by atoms with Crippen LogP contribution in [-0.2, 0) is 12.8 Å². The SMILES string of the molecule is CCCC1CCc2c(cc(F)c(-c3ccc(N=Nc4ccc(N=C=S)cc4)cc3)c2F)C1. The van der Waals surface area contributed by atoms with E-state index in [4.69, 9.17) is 0 Å². The zero-order chi connectivity index (χ0) is 22.5. The number of aliphatic imine (C=N–C) groups is 1. The molecule has 4 rings (SSSR count). The van der Waals surface area contributed by atoms with Gasteiger partial charge in [-0.1, -0.05) is 31.9 Å². The highest BCUT2D eigenvalue weighted by molar-refractivity contribution is 7.78. The van der Waals surface area contributed by atoms with Crippen LogP contribution in [0.3, 0.4) is 0 Å². The van der Waals surface area contributed by atoms with Crippen LogP contribution in [0, 0.1) is 17.6 Å². The van der Waals surface area contributed by atoms with Crippen LogP contribution in [0.1, 0.15) is 37.3 Å². The molecule has 1 unspecified atom stereocenters. The number of azo groups is 1. The van der Waals surface area contributed by atoms with Crippen LogP contribution in [0.4, 0.5) is 25.8 Å². The Labute approximate surface area is 191 Å². The van der Waals surface area contributed by atoms with Crippen molar-refractivity contribution >= 4 is 34.4 Å². The van der Waals surface area contributed by atoms with E-state index in [9.17, 15) is 4.39 Å². The third-order valence-corrected chi connectivity index (χ3v) is 5.97. The molecule has 3 aromatic carbocycles. The molecular formula is C26H23F2N3S. The minimum atomic E-state index is -0.508. The van der Waals surface area contributed by atoms with Crippen molar-refractivity contribution in [1.82, 2.24) is 0 Å². The molecule has 6 heteroatoms. The predicted octanol–water partition coefficient (Wildman–Crippen LogP) is 8.69. The fraction of sp³-hybridized carbons (Fsp3) is 0.269. The van der Waals surface area contributed by atoms with Crippen molar-refractivity contribution in [2.45, 2.75) is 39.0 Å². The summed E-state index contributed by atoms with van der Waals surface area (Å²) >= 11 is 4.58. The Kier molecular flexibility index (Phi) is 6.93. The average molecular weight is 448 g/mol. The third-order valence-electron chi connectivity index (χ3n) is 5.88. The van der Waals surface area contributed by atoms with E-state index in [1.807, 2.05) is 0 Å². The van der Waals surface area contributed by atoms with Gasteiger partial charge in [-0.3, -0.25) is 0 Å². The van der Waals surface area contributed by atoms with Gasteiger partial charge in [0.15, 0.2) is 0 Å². The van der Waals surface area contributed by atoms with Crippen LogP contribution in [0.25, 0.3) is 11.1 Å². The van der Waals surface area contributed by atoms with Crippen LogP contribution >= 0.6 is 12.2 Å². The molecule has 0 saturated carbocycles. The molecule has 0 amide bonds. The summed E-state index contributed by atoms with van der Waals surface area (Å²) in [5, 5.41) is 10.7. The minimum Gasteiger partial charge on any atom is -0.206 e.